The van der Waals surface area contributed by atoms with Crippen LogP contribution in [0.25, 0.3) is 0 Å². The van der Waals surface area contributed by atoms with Crippen molar-refractivity contribution >= 4 is 21.7 Å². The molecule has 0 unspecified atom stereocenters. The van der Waals surface area contributed by atoms with E-state index in [2.05, 4.69) is 20.3 Å². The zero-order valence-corrected chi connectivity index (χ0v) is 17.0. The molecule has 0 bridgehead atoms. The van der Waals surface area contributed by atoms with E-state index in [1.54, 1.807) is 0 Å². The zero-order valence-electron chi connectivity index (χ0n) is 16.2. The van der Waals surface area contributed by atoms with Crippen LogP contribution in [0.4, 0.5) is 14.7 Å². The fourth-order valence-electron chi connectivity index (χ4n) is 3.04. The van der Waals surface area contributed by atoms with Gasteiger partial charge in [-0.1, -0.05) is 12.1 Å². The molecule has 1 aromatic carbocycles. The SMILES string of the molecule is COc1nc(CNC(=O)c2ccccc2S(=O)(=O)C(F)F)nc(N2CCCCC2)n1. The molecule has 1 aliphatic rings. The summed E-state index contributed by atoms with van der Waals surface area (Å²) in [6.45, 7) is 1.41. The summed E-state index contributed by atoms with van der Waals surface area (Å²) in [6, 6.07) is 4.87. The van der Waals surface area contributed by atoms with Gasteiger partial charge in [-0.15, -0.1) is 0 Å². The Kier molecular flexibility index (Phi) is 6.75. The number of amides is 1. The van der Waals surface area contributed by atoms with Crippen LogP contribution in [-0.4, -0.2) is 55.2 Å². The summed E-state index contributed by atoms with van der Waals surface area (Å²) in [5.41, 5.74) is -0.380. The van der Waals surface area contributed by atoms with E-state index in [0.29, 0.717) is 5.95 Å². The predicted molar refractivity (Wildman–Crippen MR) is 103 cm³/mol. The number of carbonyl (C=O) groups is 1. The van der Waals surface area contributed by atoms with Crippen LogP contribution in [0.2, 0.25) is 0 Å². The van der Waals surface area contributed by atoms with Crippen molar-refractivity contribution in [3.8, 4) is 6.01 Å². The Morgan fingerprint density at radius 3 is 2.53 bits per heavy atom. The van der Waals surface area contributed by atoms with E-state index >= 15 is 0 Å². The van der Waals surface area contributed by atoms with Gasteiger partial charge in [0.2, 0.25) is 15.8 Å². The average Bonchev–Trinajstić information content (AvgIpc) is 2.77. The average molecular weight is 441 g/mol. The summed E-state index contributed by atoms with van der Waals surface area (Å²) in [4.78, 5) is 26.4. The Hall–Kier alpha value is -2.89. The van der Waals surface area contributed by atoms with E-state index in [-0.39, 0.29) is 23.9 Å². The molecule has 1 saturated heterocycles. The van der Waals surface area contributed by atoms with Gasteiger partial charge < -0.3 is 15.0 Å². The van der Waals surface area contributed by atoms with Gasteiger partial charge >= 0.3 is 11.8 Å². The van der Waals surface area contributed by atoms with Crippen LogP contribution in [0.5, 0.6) is 6.01 Å². The molecule has 0 atom stereocenters. The zero-order chi connectivity index (χ0) is 21.7. The summed E-state index contributed by atoms with van der Waals surface area (Å²) in [5, 5.41) is 2.47. The smallest absolute Gasteiger partial charge is 0.341 e. The van der Waals surface area contributed by atoms with Crippen LogP contribution in [0.1, 0.15) is 35.4 Å². The molecule has 2 aromatic rings. The van der Waals surface area contributed by atoms with Crippen LogP contribution in [0, 0.1) is 0 Å². The number of methoxy groups -OCH3 is 1. The third-order valence-electron chi connectivity index (χ3n) is 4.55. The molecule has 1 aliphatic heterocycles. The van der Waals surface area contributed by atoms with E-state index < -0.39 is 26.4 Å². The Morgan fingerprint density at radius 1 is 1.17 bits per heavy atom. The maximum atomic E-state index is 12.9. The largest absolute Gasteiger partial charge is 0.467 e. The lowest BCUT2D eigenvalue weighted by Gasteiger charge is -2.26. The molecule has 1 aromatic heterocycles. The van der Waals surface area contributed by atoms with E-state index in [0.717, 1.165) is 44.5 Å². The van der Waals surface area contributed by atoms with E-state index in [1.807, 2.05) is 4.90 Å². The third-order valence-corrected chi connectivity index (χ3v) is 5.99. The molecule has 2 heterocycles. The normalized spacial score (nSPS) is 14.6. The molecule has 1 amide bonds. The van der Waals surface area contributed by atoms with Crippen molar-refractivity contribution in [2.24, 2.45) is 0 Å². The molecule has 1 N–H and O–H groups in total. The molecule has 162 valence electrons. The molecular weight excluding hydrogens is 420 g/mol. The first-order valence-corrected chi connectivity index (χ1v) is 10.8. The number of piperidine rings is 1. The maximum absolute atomic E-state index is 12.9. The number of nitrogens with one attached hydrogen (secondary N) is 1. The first-order valence-electron chi connectivity index (χ1n) is 9.26. The molecule has 12 heteroatoms. The first kappa shape index (κ1) is 21.8. The fraction of sp³-hybridized carbons (Fsp3) is 0.444. The van der Waals surface area contributed by atoms with Gasteiger partial charge in [0.05, 0.1) is 24.1 Å². The van der Waals surface area contributed by atoms with Crippen LogP contribution in [-0.2, 0) is 16.4 Å². The molecule has 3 rings (SSSR count). The Labute approximate surface area is 172 Å². The lowest BCUT2D eigenvalue weighted by atomic mass is 10.1. The summed E-state index contributed by atoms with van der Waals surface area (Å²) in [5.74, 6) is -3.85. The van der Waals surface area contributed by atoms with Crippen molar-refractivity contribution in [1.29, 1.82) is 0 Å². The number of hydrogen-bond acceptors (Lipinski definition) is 8. The number of ether oxygens (including phenoxy) is 1. The predicted octanol–water partition coefficient (Wildman–Crippen LogP) is 1.80. The van der Waals surface area contributed by atoms with Crippen molar-refractivity contribution in [3.05, 3.63) is 35.7 Å². The van der Waals surface area contributed by atoms with E-state index in [4.69, 9.17) is 4.74 Å². The number of aromatic nitrogens is 3. The molecule has 1 fully saturated rings. The van der Waals surface area contributed by atoms with Gasteiger partial charge in [0.25, 0.3) is 5.91 Å². The van der Waals surface area contributed by atoms with E-state index in [1.165, 1.54) is 19.2 Å². The fourth-order valence-corrected chi connectivity index (χ4v) is 3.97. The number of halogens is 2. The van der Waals surface area contributed by atoms with Crippen molar-refractivity contribution in [2.75, 3.05) is 25.1 Å². The topological polar surface area (TPSA) is 114 Å². The highest BCUT2D eigenvalue weighted by molar-refractivity contribution is 7.91. The summed E-state index contributed by atoms with van der Waals surface area (Å²) in [7, 11) is -3.52. The molecule has 30 heavy (non-hydrogen) atoms. The standard InChI is InChI=1S/C18H21F2N5O4S/c1-29-18-23-14(22-17(24-18)25-9-5-2-6-10-25)11-21-15(26)12-7-3-4-8-13(12)30(27,28)16(19)20/h3-4,7-8,16H,2,5-6,9-11H2,1H3,(H,21,26). The number of alkyl halides is 2. The summed E-state index contributed by atoms with van der Waals surface area (Å²) >= 11 is 0. The highest BCUT2D eigenvalue weighted by Crippen LogP contribution is 2.22. The maximum Gasteiger partial charge on any atom is 0.341 e. The molecule has 0 spiro atoms. The number of sulfone groups is 1. The number of carbonyl (C=O) groups excluding carboxylic acids is 1. The third kappa shape index (κ3) is 4.81. The Bertz CT molecular complexity index is 1010. The Balaban J connectivity index is 1.80. The van der Waals surface area contributed by atoms with Crippen molar-refractivity contribution in [1.82, 2.24) is 20.3 Å². The van der Waals surface area contributed by atoms with Crippen LogP contribution >= 0.6 is 0 Å². The molecule has 0 radical (unpaired) electrons. The minimum Gasteiger partial charge on any atom is -0.467 e. The lowest BCUT2D eigenvalue weighted by molar-refractivity contribution is 0.0946. The first-order chi connectivity index (χ1) is 14.3. The van der Waals surface area contributed by atoms with Crippen molar-refractivity contribution in [3.63, 3.8) is 0 Å². The summed E-state index contributed by atoms with van der Waals surface area (Å²) < 4.78 is 54.7. The number of rotatable bonds is 7. The second-order valence-corrected chi connectivity index (χ2v) is 8.46. The van der Waals surface area contributed by atoms with Gasteiger partial charge in [0.15, 0.2) is 5.82 Å². The van der Waals surface area contributed by atoms with Crippen LogP contribution in [0.15, 0.2) is 29.2 Å². The molecule has 9 nitrogen and oxygen atoms in total. The quantitative estimate of drug-likeness (QED) is 0.692. The van der Waals surface area contributed by atoms with Crippen LogP contribution in [0.3, 0.4) is 0 Å². The monoisotopic (exact) mass is 441 g/mol. The minimum atomic E-state index is -4.93. The van der Waals surface area contributed by atoms with Gasteiger partial charge in [-0.2, -0.15) is 23.7 Å². The molecular formula is C18H21F2N5O4S. The Morgan fingerprint density at radius 2 is 1.87 bits per heavy atom. The molecule has 0 saturated carbocycles. The highest BCUT2D eigenvalue weighted by atomic mass is 32.2. The highest BCUT2D eigenvalue weighted by Gasteiger charge is 2.30. The van der Waals surface area contributed by atoms with Crippen molar-refractivity contribution < 1.29 is 26.7 Å². The van der Waals surface area contributed by atoms with Crippen LogP contribution < -0.4 is 15.0 Å². The van der Waals surface area contributed by atoms with Gasteiger partial charge in [0, 0.05) is 13.1 Å². The second-order valence-electron chi connectivity index (χ2n) is 6.57. The molecule has 0 aliphatic carbocycles. The van der Waals surface area contributed by atoms with Crippen molar-refractivity contribution in [2.45, 2.75) is 36.5 Å². The lowest BCUT2D eigenvalue weighted by Crippen LogP contribution is -2.32. The number of hydrogen-bond donors (Lipinski definition) is 1. The summed E-state index contributed by atoms with van der Waals surface area (Å²) in [6.07, 6.45) is 3.15. The van der Waals surface area contributed by atoms with Gasteiger partial charge in [-0.25, -0.2) is 8.42 Å². The number of benzene rings is 1. The number of nitrogens with zero attached hydrogens (tertiary/aromatic N) is 4. The van der Waals surface area contributed by atoms with E-state index in [9.17, 15) is 22.0 Å². The van der Waals surface area contributed by atoms with Gasteiger partial charge in [0.1, 0.15) is 0 Å². The van der Waals surface area contributed by atoms with Gasteiger partial charge in [-0.3, -0.25) is 4.79 Å². The minimum absolute atomic E-state index is 0.0792. The number of anilines is 1. The van der Waals surface area contributed by atoms with Gasteiger partial charge in [-0.05, 0) is 31.4 Å². The second kappa shape index (κ2) is 9.28.